The molecule has 0 saturated carbocycles. The van der Waals surface area contributed by atoms with Gasteiger partial charge < -0.3 is 25.2 Å². The molecular weight excluding hydrogens is 320 g/mol. The number of carbonyl (C=O) groups excluding carboxylic acids is 2. The van der Waals surface area contributed by atoms with Crippen molar-refractivity contribution in [2.45, 2.75) is 26.9 Å². The highest BCUT2D eigenvalue weighted by atomic mass is 16.5. The highest BCUT2D eigenvalue weighted by molar-refractivity contribution is 5.94. The van der Waals surface area contributed by atoms with Crippen LogP contribution in [0.25, 0.3) is 0 Å². The molecule has 1 saturated heterocycles. The fraction of sp³-hybridized carbons (Fsp3) is 0.556. The van der Waals surface area contributed by atoms with Crippen LogP contribution in [0.2, 0.25) is 0 Å². The Morgan fingerprint density at radius 2 is 1.84 bits per heavy atom. The van der Waals surface area contributed by atoms with Gasteiger partial charge in [0.1, 0.15) is 6.54 Å². The molecule has 1 aliphatic heterocycles. The van der Waals surface area contributed by atoms with E-state index < -0.39 is 12.0 Å². The van der Waals surface area contributed by atoms with Crippen molar-refractivity contribution in [3.63, 3.8) is 0 Å². The third-order valence-electron chi connectivity index (χ3n) is 4.07. The molecule has 2 amide bonds. The maximum Gasteiger partial charge on any atom is 0.325 e. The number of hydrogen-bond acceptors (Lipinski definition) is 5. The van der Waals surface area contributed by atoms with E-state index in [0.717, 1.165) is 44.1 Å². The average molecular weight is 348 g/mol. The van der Waals surface area contributed by atoms with Gasteiger partial charge in [-0.25, -0.2) is 4.79 Å². The van der Waals surface area contributed by atoms with E-state index in [0.29, 0.717) is 0 Å². The van der Waals surface area contributed by atoms with E-state index in [4.69, 9.17) is 4.74 Å². The number of carbonyl (C=O) groups is 2. The van der Waals surface area contributed by atoms with Crippen molar-refractivity contribution in [3.8, 4) is 0 Å². The van der Waals surface area contributed by atoms with Crippen molar-refractivity contribution in [2.75, 3.05) is 49.5 Å². The van der Waals surface area contributed by atoms with Gasteiger partial charge in [0.2, 0.25) is 0 Å². The Morgan fingerprint density at radius 1 is 1.16 bits per heavy atom. The smallest absolute Gasteiger partial charge is 0.325 e. The van der Waals surface area contributed by atoms with E-state index >= 15 is 0 Å². The topological polar surface area (TPSA) is 73.9 Å². The summed E-state index contributed by atoms with van der Waals surface area (Å²) in [4.78, 5) is 28.3. The number of anilines is 2. The van der Waals surface area contributed by atoms with Crippen LogP contribution in [0, 0.1) is 0 Å². The Morgan fingerprint density at radius 3 is 2.48 bits per heavy atom. The molecule has 1 aliphatic rings. The molecule has 1 aromatic rings. The molecule has 0 atom stereocenters. The van der Waals surface area contributed by atoms with Crippen LogP contribution in [-0.2, 0) is 9.53 Å². The number of hydrogen-bond donors (Lipinski definition) is 2. The van der Waals surface area contributed by atoms with Gasteiger partial charge in [0, 0.05) is 26.2 Å². The molecule has 7 heteroatoms. The zero-order valence-corrected chi connectivity index (χ0v) is 15.2. The number of nitrogens with zero attached hydrogens (tertiary/aromatic N) is 2. The monoisotopic (exact) mass is 348 g/mol. The summed E-state index contributed by atoms with van der Waals surface area (Å²) in [5, 5.41) is 5.36. The fourth-order valence-corrected chi connectivity index (χ4v) is 2.78. The van der Waals surface area contributed by atoms with Crippen LogP contribution in [0.1, 0.15) is 20.8 Å². The molecule has 0 radical (unpaired) electrons. The van der Waals surface area contributed by atoms with Gasteiger partial charge in [0.25, 0.3) is 0 Å². The minimum atomic E-state index is -0.450. The molecule has 1 heterocycles. The zero-order chi connectivity index (χ0) is 18.2. The SMILES string of the molecule is CCN1CCN(c2ccccc2NC(=O)NCC(=O)OC(C)C)CC1. The zero-order valence-electron chi connectivity index (χ0n) is 15.2. The maximum atomic E-state index is 12.1. The van der Waals surface area contributed by atoms with Crippen LogP contribution in [-0.4, -0.2) is 62.3 Å². The number of ether oxygens (including phenoxy) is 1. The summed E-state index contributed by atoms with van der Waals surface area (Å²) in [6.07, 6.45) is -0.195. The summed E-state index contributed by atoms with van der Waals surface area (Å²) in [7, 11) is 0. The predicted octanol–water partition coefficient (Wildman–Crippen LogP) is 1.90. The molecule has 7 nitrogen and oxygen atoms in total. The summed E-state index contributed by atoms with van der Waals surface area (Å²) < 4.78 is 5.00. The van der Waals surface area contributed by atoms with Gasteiger partial charge in [-0.2, -0.15) is 0 Å². The quantitative estimate of drug-likeness (QED) is 0.768. The highest BCUT2D eigenvalue weighted by Gasteiger charge is 2.19. The van der Waals surface area contributed by atoms with Crippen molar-refractivity contribution in [3.05, 3.63) is 24.3 Å². The van der Waals surface area contributed by atoms with Crippen LogP contribution >= 0.6 is 0 Å². The predicted molar refractivity (Wildman–Crippen MR) is 99.0 cm³/mol. The van der Waals surface area contributed by atoms with Crippen LogP contribution in [0.3, 0.4) is 0 Å². The number of rotatable bonds is 6. The van der Waals surface area contributed by atoms with Crippen LogP contribution in [0.5, 0.6) is 0 Å². The fourth-order valence-electron chi connectivity index (χ4n) is 2.78. The number of nitrogens with one attached hydrogen (secondary N) is 2. The summed E-state index contributed by atoms with van der Waals surface area (Å²) in [5.74, 6) is -0.450. The van der Waals surface area contributed by atoms with E-state index in [1.54, 1.807) is 13.8 Å². The summed E-state index contributed by atoms with van der Waals surface area (Å²) in [6.45, 7) is 10.5. The number of para-hydroxylation sites is 2. The van der Waals surface area contributed by atoms with Gasteiger partial charge >= 0.3 is 12.0 Å². The van der Waals surface area contributed by atoms with E-state index in [-0.39, 0.29) is 12.6 Å². The largest absolute Gasteiger partial charge is 0.462 e. The summed E-state index contributed by atoms with van der Waals surface area (Å²) in [6, 6.07) is 7.30. The van der Waals surface area contributed by atoms with Gasteiger partial charge in [-0.3, -0.25) is 4.79 Å². The second kappa shape index (κ2) is 9.27. The van der Waals surface area contributed by atoms with E-state index in [2.05, 4.69) is 27.4 Å². The molecule has 0 aromatic heterocycles. The molecular formula is C18H28N4O3. The van der Waals surface area contributed by atoms with E-state index in [1.165, 1.54) is 0 Å². The number of amides is 2. The van der Waals surface area contributed by atoms with Crippen molar-refractivity contribution in [1.82, 2.24) is 10.2 Å². The lowest BCUT2D eigenvalue weighted by molar-refractivity contribution is -0.146. The van der Waals surface area contributed by atoms with Crippen molar-refractivity contribution < 1.29 is 14.3 Å². The first kappa shape index (κ1) is 19.1. The highest BCUT2D eigenvalue weighted by Crippen LogP contribution is 2.26. The number of likely N-dealkylation sites (N-methyl/N-ethyl adjacent to an activating group) is 1. The molecule has 2 N–H and O–H groups in total. The summed E-state index contributed by atoms with van der Waals surface area (Å²) in [5.41, 5.74) is 1.74. The van der Waals surface area contributed by atoms with Gasteiger partial charge in [-0.15, -0.1) is 0 Å². The Hall–Kier alpha value is -2.28. The van der Waals surface area contributed by atoms with Crippen LogP contribution < -0.4 is 15.5 Å². The maximum absolute atomic E-state index is 12.1. The summed E-state index contributed by atoms with van der Waals surface area (Å²) >= 11 is 0. The number of piperazine rings is 1. The third-order valence-corrected chi connectivity index (χ3v) is 4.07. The molecule has 138 valence electrons. The van der Waals surface area contributed by atoms with Crippen LogP contribution in [0.15, 0.2) is 24.3 Å². The molecule has 0 bridgehead atoms. The Bertz CT molecular complexity index is 583. The van der Waals surface area contributed by atoms with Gasteiger partial charge in [0.05, 0.1) is 17.5 Å². The third kappa shape index (κ3) is 5.94. The van der Waals surface area contributed by atoms with Crippen LogP contribution in [0.4, 0.5) is 16.2 Å². The molecule has 0 spiro atoms. The van der Waals surface area contributed by atoms with Gasteiger partial charge in [0.15, 0.2) is 0 Å². The first-order valence-corrected chi connectivity index (χ1v) is 8.80. The lowest BCUT2D eigenvalue weighted by Crippen LogP contribution is -2.46. The van der Waals surface area contributed by atoms with Crippen molar-refractivity contribution in [1.29, 1.82) is 0 Å². The Kier molecular flexibility index (Phi) is 7.06. The molecule has 0 unspecified atom stereocenters. The first-order chi connectivity index (χ1) is 12.0. The van der Waals surface area contributed by atoms with Crippen molar-refractivity contribution in [2.24, 2.45) is 0 Å². The minimum Gasteiger partial charge on any atom is -0.462 e. The lowest BCUT2D eigenvalue weighted by atomic mass is 10.2. The molecule has 0 aliphatic carbocycles. The number of urea groups is 1. The molecule has 1 fully saturated rings. The minimum absolute atomic E-state index is 0.151. The molecule has 1 aromatic carbocycles. The number of benzene rings is 1. The number of esters is 1. The first-order valence-electron chi connectivity index (χ1n) is 8.80. The van der Waals surface area contributed by atoms with Crippen molar-refractivity contribution >= 4 is 23.4 Å². The van der Waals surface area contributed by atoms with Gasteiger partial charge in [-0.05, 0) is 32.5 Å². The van der Waals surface area contributed by atoms with Gasteiger partial charge in [-0.1, -0.05) is 19.1 Å². The second-order valence-electron chi connectivity index (χ2n) is 6.28. The lowest BCUT2D eigenvalue weighted by Gasteiger charge is -2.36. The molecule has 25 heavy (non-hydrogen) atoms. The Balaban J connectivity index is 1.92. The van der Waals surface area contributed by atoms with E-state index in [1.807, 2.05) is 24.3 Å². The van der Waals surface area contributed by atoms with E-state index in [9.17, 15) is 9.59 Å². The molecule has 2 rings (SSSR count). The Labute approximate surface area is 149 Å². The average Bonchev–Trinajstić information content (AvgIpc) is 2.60. The standard InChI is InChI=1S/C18H28N4O3/c1-4-21-9-11-22(12-10-21)16-8-6-5-7-15(16)20-18(24)19-13-17(23)25-14(2)3/h5-8,14H,4,9-13H2,1-3H3,(H2,19,20,24). The second-order valence-corrected chi connectivity index (χ2v) is 6.28. The normalized spacial score (nSPS) is 15.1.